The lowest BCUT2D eigenvalue weighted by atomic mass is 9.98. The maximum atomic E-state index is 12.8. The number of hydrogen-bond donors (Lipinski definition) is 4. The summed E-state index contributed by atoms with van der Waals surface area (Å²) in [6.07, 6.45) is 7.81. The minimum absolute atomic E-state index is 0.270. The first-order valence-electron chi connectivity index (χ1n) is 14.8. The number of ether oxygens (including phenoxy) is 2. The number of carbonyl (C=O) groups excluding carboxylic acids is 3. The summed E-state index contributed by atoms with van der Waals surface area (Å²) in [5, 5.41) is 12.4. The number of anilines is 2. The van der Waals surface area contributed by atoms with Gasteiger partial charge in [-0.25, -0.2) is 4.79 Å². The highest BCUT2D eigenvalue weighted by atomic mass is 16.6. The number of alkyl carbamates (subject to hydrolysis) is 1. The van der Waals surface area contributed by atoms with Crippen molar-refractivity contribution < 1.29 is 23.9 Å². The number of nitrogens with one attached hydrogen (secondary N) is 4. The van der Waals surface area contributed by atoms with Gasteiger partial charge in [0.1, 0.15) is 11.4 Å². The molecule has 3 rings (SSSR count). The van der Waals surface area contributed by atoms with Gasteiger partial charge in [0.15, 0.2) is 0 Å². The van der Waals surface area contributed by atoms with Crippen molar-refractivity contribution >= 4 is 45.8 Å². The summed E-state index contributed by atoms with van der Waals surface area (Å²) >= 11 is 0. The van der Waals surface area contributed by atoms with Gasteiger partial charge < -0.3 is 30.7 Å². The van der Waals surface area contributed by atoms with E-state index < -0.39 is 11.7 Å². The lowest BCUT2D eigenvalue weighted by molar-refractivity contribution is -0.117. The van der Waals surface area contributed by atoms with Crippen LogP contribution in [0.25, 0.3) is 16.5 Å². The standard InChI is InChI=1S/C35H43N5O5/c1-8-24(17-16-23(2)32(41)37-18-12-13-19-38-34(43)45-35(3,4)5)26-20-27-29(21-30(26)44-7)39-22-28(33(42)36-6)31(27)40-25-14-10-9-11-15-25/h8-11,14-17,20-22H,2,12-13,18-19H2,1,3-7H3,(H,36,42)(H,37,41)(H,38,43)(H,39,40)/b17-16-,24-8+. The van der Waals surface area contributed by atoms with Crippen LogP contribution in [0.1, 0.15) is 56.5 Å². The SMILES string of the molecule is C=C(/C=C\C(=C/C)c1cc2c(Nc3ccccc3)c(C(=O)NC)cnc2cc1OC)C(=O)NCCCCNC(=O)OC(C)(C)C. The Morgan fingerprint density at radius 1 is 0.978 bits per heavy atom. The minimum Gasteiger partial charge on any atom is -0.496 e. The molecule has 10 heteroatoms. The van der Waals surface area contributed by atoms with E-state index in [1.807, 2.05) is 76.2 Å². The van der Waals surface area contributed by atoms with Crippen molar-refractivity contribution in [2.75, 3.05) is 32.6 Å². The zero-order valence-corrected chi connectivity index (χ0v) is 26.9. The third-order valence-corrected chi connectivity index (χ3v) is 6.64. The molecule has 0 aliphatic carbocycles. The van der Waals surface area contributed by atoms with Crippen LogP contribution >= 0.6 is 0 Å². The number of fused-ring (bicyclic) bond motifs is 1. The molecular weight excluding hydrogens is 570 g/mol. The molecule has 0 saturated heterocycles. The minimum atomic E-state index is -0.547. The van der Waals surface area contributed by atoms with Crippen LogP contribution in [0.5, 0.6) is 5.75 Å². The molecule has 4 N–H and O–H groups in total. The highest BCUT2D eigenvalue weighted by molar-refractivity contribution is 6.09. The average Bonchev–Trinajstić information content (AvgIpc) is 3.01. The molecule has 45 heavy (non-hydrogen) atoms. The van der Waals surface area contributed by atoms with E-state index in [-0.39, 0.29) is 17.4 Å². The number of pyridine rings is 1. The number of hydrogen-bond acceptors (Lipinski definition) is 7. The summed E-state index contributed by atoms with van der Waals surface area (Å²) in [4.78, 5) is 41.8. The molecule has 0 unspecified atom stereocenters. The van der Waals surface area contributed by atoms with E-state index in [0.717, 1.165) is 22.2 Å². The molecule has 10 nitrogen and oxygen atoms in total. The fraction of sp³-hybridized carbons (Fsp3) is 0.314. The average molecular weight is 614 g/mol. The molecule has 0 fully saturated rings. The Morgan fingerprint density at radius 3 is 2.29 bits per heavy atom. The molecule has 3 amide bonds. The normalized spacial score (nSPS) is 11.6. The predicted octanol–water partition coefficient (Wildman–Crippen LogP) is 6.28. The number of carbonyl (C=O) groups is 3. The summed E-state index contributed by atoms with van der Waals surface area (Å²) < 4.78 is 10.9. The third-order valence-electron chi connectivity index (χ3n) is 6.64. The van der Waals surface area contributed by atoms with E-state index >= 15 is 0 Å². The van der Waals surface area contributed by atoms with Gasteiger partial charge in [-0.3, -0.25) is 14.6 Å². The molecule has 1 heterocycles. The van der Waals surface area contributed by atoms with Crippen LogP contribution in [0.15, 0.2) is 79.0 Å². The van der Waals surface area contributed by atoms with E-state index in [4.69, 9.17) is 9.47 Å². The van der Waals surface area contributed by atoms with E-state index in [0.29, 0.717) is 48.4 Å². The molecule has 0 radical (unpaired) electrons. The van der Waals surface area contributed by atoms with Crippen LogP contribution in [0.2, 0.25) is 0 Å². The summed E-state index contributed by atoms with van der Waals surface area (Å²) in [7, 11) is 3.16. The molecule has 0 spiro atoms. The Labute approximate surface area is 265 Å². The molecule has 0 atom stereocenters. The van der Waals surface area contributed by atoms with E-state index in [1.54, 1.807) is 32.5 Å². The number of aromatic nitrogens is 1. The first-order chi connectivity index (χ1) is 21.5. The zero-order chi connectivity index (χ0) is 33.0. The van der Waals surface area contributed by atoms with Crippen molar-refractivity contribution in [3.63, 3.8) is 0 Å². The van der Waals surface area contributed by atoms with E-state index in [2.05, 4.69) is 32.8 Å². The largest absolute Gasteiger partial charge is 0.496 e. The number of methoxy groups -OCH3 is 1. The lowest BCUT2D eigenvalue weighted by Crippen LogP contribution is -2.33. The van der Waals surface area contributed by atoms with Crippen molar-refractivity contribution in [1.29, 1.82) is 0 Å². The quantitative estimate of drug-likeness (QED) is 0.101. The maximum Gasteiger partial charge on any atom is 0.407 e. The first-order valence-corrected chi connectivity index (χ1v) is 14.8. The second-order valence-corrected chi connectivity index (χ2v) is 11.2. The van der Waals surface area contributed by atoms with Crippen LogP contribution in [0.3, 0.4) is 0 Å². The van der Waals surface area contributed by atoms with Gasteiger partial charge >= 0.3 is 6.09 Å². The van der Waals surface area contributed by atoms with Crippen molar-refractivity contribution in [3.8, 4) is 5.75 Å². The van der Waals surface area contributed by atoms with Crippen LogP contribution in [-0.4, -0.2) is 55.7 Å². The molecule has 0 aliphatic heterocycles. The number of rotatable bonds is 13. The summed E-state index contributed by atoms with van der Waals surface area (Å²) in [5.74, 6) is 0.0233. The fourth-order valence-electron chi connectivity index (χ4n) is 4.40. The molecular formula is C35H43N5O5. The number of unbranched alkanes of at least 4 members (excludes halogenated alkanes) is 1. The topological polar surface area (TPSA) is 131 Å². The van der Waals surface area contributed by atoms with Crippen molar-refractivity contribution in [3.05, 3.63) is 90.2 Å². The lowest BCUT2D eigenvalue weighted by Gasteiger charge is -2.19. The van der Waals surface area contributed by atoms with Crippen molar-refractivity contribution in [1.82, 2.24) is 20.9 Å². The Morgan fingerprint density at radius 2 is 1.67 bits per heavy atom. The smallest absolute Gasteiger partial charge is 0.407 e. The number of benzene rings is 2. The van der Waals surface area contributed by atoms with Crippen molar-refractivity contribution in [2.45, 2.75) is 46.1 Å². The highest BCUT2D eigenvalue weighted by Crippen LogP contribution is 2.36. The third kappa shape index (κ3) is 9.96. The van der Waals surface area contributed by atoms with Crippen LogP contribution in [-0.2, 0) is 9.53 Å². The highest BCUT2D eigenvalue weighted by Gasteiger charge is 2.19. The number of allylic oxidation sites excluding steroid dienone is 3. The van der Waals surface area contributed by atoms with Gasteiger partial charge in [0, 0.05) is 54.6 Å². The maximum absolute atomic E-state index is 12.8. The molecule has 0 saturated carbocycles. The number of para-hydroxylation sites is 1. The van der Waals surface area contributed by atoms with Gasteiger partial charge in [0.05, 0.1) is 23.9 Å². The second kappa shape index (κ2) is 16.1. The van der Waals surface area contributed by atoms with Crippen LogP contribution in [0.4, 0.5) is 16.2 Å². The van der Waals surface area contributed by atoms with E-state index in [1.165, 1.54) is 0 Å². The molecule has 0 bridgehead atoms. The van der Waals surface area contributed by atoms with Gasteiger partial charge in [0.2, 0.25) is 0 Å². The summed E-state index contributed by atoms with van der Waals surface area (Å²) in [5.41, 5.74) is 3.75. The Hall–Kier alpha value is -5.12. The molecule has 238 valence electrons. The van der Waals surface area contributed by atoms with Crippen LogP contribution < -0.4 is 26.0 Å². The Kier molecular flexibility index (Phi) is 12.3. The van der Waals surface area contributed by atoms with Crippen molar-refractivity contribution in [2.24, 2.45) is 0 Å². The molecule has 2 aromatic carbocycles. The Balaban J connectivity index is 1.76. The predicted molar refractivity (Wildman–Crippen MR) is 180 cm³/mol. The second-order valence-electron chi connectivity index (χ2n) is 11.2. The molecule has 0 aliphatic rings. The first kappa shape index (κ1) is 34.4. The van der Waals surface area contributed by atoms with E-state index in [9.17, 15) is 14.4 Å². The Bertz CT molecular complexity index is 1590. The molecule has 3 aromatic rings. The van der Waals surface area contributed by atoms with Gasteiger partial charge in [-0.2, -0.15) is 0 Å². The molecule has 1 aromatic heterocycles. The van der Waals surface area contributed by atoms with Gasteiger partial charge in [-0.1, -0.05) is 36.9 Å². The summed E-state index contributed by atoms with van der Waals surface area (Å²) in [6, 6.07) is 13.3. The summed E-state index contributed by atoms with van der Waals surface area (Å²) in [6.45, 7) is 12.1. The fourth-order valence-corrected chi connectivity index (χ4v) is 4.40. The zero-order valence-electron chi connectivity index (χ0n) is 26.9. The van der Waals surface area contributed by atoms with Crippen LogP contribution in [0, 0.1) is 0 Å². The monoisotopic (exact) mass is 613 g/mol. The van der Waals surface area contributed by atoms with Gasteiger partial charge in [-0.15, -0.1) is 0 Å². The number of amides is 3. The van der Waals surface area contributed by atoms with Gasteiger partial charge in [-0.05, 0) is 70.4 Å². The van der Waals surface area contributed by atoms with Gasteiger partial charge in [0.25, 0.3) is 11.8 Å². The number of nitrogens with zero attached hydrogens (tertiary/aromatic N) is 1.